The summed E-state index contributed by atoms with van der Waals surface area (Å²) < 4.78 is 36.2. The average Bonchev–Trinajstić information content (AvgIpc) is 2.95. The molecule has 8 heteroatoms. The van der Waals surface area contributed by atoms with Crippen LogP contribution in [0, 0.1) is 0 Å². The molecule has 1 aromatic heterocycles. The quantitative estimate of drug-likeness (QED) is 0.825. The van der Waals surface area contributed by atoms with E-state index in [-0.39, 0.29) is 19.0 Å². The number of ether oxygens (including phenoxy) is 1. The Labute approximate surface area is 123 Å². The predicted octanol–water partition coefficient (Wildman–Crippen LogP) is 1.19. The Morgan fingerprint density at radius 2 is 2.05 bits per heavy atom. The molecule has 0 saturated heterocycles. The Balaban J connectivity index is 2.01. The van der Waals surface area contributed by atoms with Crippen LogP contribution in [0.1, 0.15) is 12.7 Å². The lowest BCUT2D eigenvalue weighted by atomic mass is 10.2. The number of hydrogen-bond acceptors (Lipinski definition) is 6. The molecule has 0 radical (unpaired) electrons. The highest BCUT2D eigenvalue weighted by molar-refractivity contribution is 7.90. The minimum Gasteiger partial charge on any atom is -0.383 e. The lowest BCUT2D eigenvalue weighted by molar-refractivity contribution is 0.200. The summed E-state index contributed by atoms with van der Waals surface area (Å²) in [4.78, 5) is 4.15. The maximum Gasteiger partial charge on any atom is 0.257 e. The number of aromatic nitrogens is 2. The third kappa shape index (κ3) is 4.10. The molecule has 0 amide bonds. The van der Waals surface area contributed by atoms with Crippen molar-refractivity contribution in [1.29, 1.82) is 0 Å². The van der Waals surface area contributed by atoms with Gasteiger partial charge in [-0.3, -0.25) is 0 Å². The van der Waals surface area contributed by atoms with Crippen molar-refractivity contribution >= 4 is 10.0 Å². The van der Waals surface area contributed by atoms with Crippen LogP contribution < -0.4 is 4.72 Å². The molecule has 0 aliphatic heterocycles. The Hall–Kier alpha value is -1.77. The van der Waals surface area contributed by atoms with Crippen molar-refractivity contribution in [3.63, 3.8) is 0 Å². The van der Waals surface area contributed by atoms with E-state index < -0.39 is 15.3 Å². The van der Waals surface area contributed by atoms with Crippen molar-refractivity contribution in [1.82, 2.24) is 14.9 Å². The number of benzene rings is 1. The molecule has 1 heterocycles. The van der Waals surface area contributed by atoms with Gasteiger partial charge in [-0.25, -0.2) is 13.1 Å². The molecule has 0 fully saturated rings. The maximum atomic E-state index is 11.9. The summed E-state index contributed by atoms with van der Waals surface area (Å²) in [7, 11) is -2.02. The largest absolute Gasteiger partial charge is 0.383 e. The molecule has 1 unspecified atom stereocenters. The van der Waals surface area contributed by atoms with E-state index >= 15 is 0 Å². The summed E-state index contributed by atoms with van der Waals surface area (Å²) in [6, 6.07) is 9.26. The topological polar surface area (TPSA) is 94.3 Å². The van der Waals surface area contributed by atoms with E-state index in [1.807, 2.05) is 30.3 Å². The number of nitrogens with one attached hydrogen (secondary N) is 1. The smallest absolute Gasteiger partial charge is 0.257 e. The molecule has 1 N–H and O–H groups in total. The van der Waals surface area contributed by atoms with E-state index in [9.17, 15) is 8.42 Å². The lowest BCUT2D eigenvalue weighted by Crippen LogP contribution is -2.35. The Morgan fingerprint density at radius 1 is 1.33 bits per heavy atom. The maximum absolute atomic E-state index is 11.9. The van der Waals surface area contributed by atoms with Crippen molar-refractivity contribution < 1.29 is 17.7 Å². The minimum atomic E-state index is -3.47. The van der Waals surface area contributed by atoms with Crippen molar-refractivity contribution in [3.05, 3.63) is 36.2 Å². The highest BCUT2D eigenvalue weighted by atomic mass is 32.2. The van der Waals surface area contributed by atoms with E-state index in [2.05, 4.69) is 14.9 Å². The highest BCUT2D eigenvalue weighted by Gasteiger charge is 2.21. The Morgan fingerprint density at radius 3 is 2.71 bits per heavy atom. The van der Waals surface area contributed by atoms with E-state index in [4.69, 9.17) is 9.26 Å². The second-order valence-corrected chi connectivity index (χ2v) is 6.70. The normalized spacial score (nSPS) is 13.2. The van der Waals surface area contributed by atoms with Gasteiger partial charge < -0.3 is 9.26 Å². The molecule has 0 spiro atoms. The lowest BCUT2D eigenvalue weighted by Gasteiger charge is -2.11. The summed E-state index contributed by atoms with van der Waals surface area (Å²) >= 11 is 0. The van der Waals surface area contributed by atoms with E-state index in [1.165, 1.54) is 7.11 Å². The zero-order valence-corrected chi connectivity index (χ0v) is 12.6. The fourth-order valence-electron chi connectivity index (χ4n) is 1.66. The molecular weight excluding hydrogens is 294 g/mol. The zero-order valence-electron chi connectivity index (χ0n) is 11.8. The summed E-state index contributed by atoms with van der Waals surface area (Å²) in [5.74, 6) is 0.636. The molecule has 0 aliphatic carbocycles. The fraction of sp³-hybridized carbons (Fsp3) is 0.385. The second-order valence-electron chi connectivity index (χ2n) is 4.51. The molecule has 2 aromatic rings. The van der Waals surface area contributed by atoms with E-state index in [0.717, 1.165) is 5.56 Å². The van der Waals surface area contributed by atoms with Gasteiger partial charge in [0.15, 0.2) is 5.82 Å². The fourth-order valence-corrected chi connectivity index (χ4v) is 2.59. The predicted molar refractivity (Wildman–Crippen MR) is 76.8 cm³/mol. The van der Waals surface area contributed by atoms with E-state index in [0.29, 0.717) is 5.89 Å². The molecule has 2 rings (SSSR count). The zero-order chi connectivity index (χ0) is 15.3. The van der Waals surface area contributed by atoms with Crippen LogP contribution in [0.25, 0.3) is 11.5 Å². The molecular formula is C13H17N3O4S. The van der Waals surface area contributed by atoms with Gasteiger partial charge in [0, 0.05) is 12.7 Å². The SMILES string of the molecule is COCC(C)S(=O)(=O)NCc1noc(-c2ccccc2)n1. The number of nitrogens with zero attached hydrogens (tertiary/aromatic N) is 2. The molecule has 0 aliphatic rings. The monoisotopic (exact) mass is 311 g/mol. The van der Waals surface area contributed by atoms with E-state index in [1.54, 1.807) is 6.92 Å². The van der Waals surface area contributed by atoms with Crippen LogP contribution in [-0.4, -0.2) is 37.5 Å². The summed E-state index contributed by atoms with van der Waals surface area (Å²) in [5.41, 5.74) is 0.784. The summed E-state index contributed by atoms with van der Waals surface area (Å²) in [6.07, 6.45) is 0. The van der Waals surface area contributed by atoms with Gasteiger partial charge in [-0.15, -0.1) is 0 Å². The van der Waals surface area contributed by atoms with Gasteiger partial charge in [-0.1, -0.05) is 23.4 Å². The molecule has 7 nitrogen and oxygen atoms in total. The standard InChI is InChI=1S/C13H17N3O4S/c1-10(9-19-2)21(17,18)14-8-12-15-13(20-16-12)11-6-4-3-5-7-11/h3-7,10,14H,8-9H2,1-2H3. The number of methoxy groups -OCH3 is 1. The van der Waals surface area contributed by atoms with Crippen LogP contribution in [0.2, 0.25) is 0 Å². The molecule has 1 atom stereocenters. The van der Waals surface area contributed by atoms with Gasteiger partial charge in [-0.05, 0) is 19.1 Å². The number of hydrogen-bond donors (Lipinski definition) is 1. The highest BCUT2D eigenvalue weighted by Crippen LogP contribution is 2.16. The first-order chi connectivity index (χ1) is 10.0. The molecule has 114 valence electrons. The summed E-state index contributed by atoms with van der Waals surface area (Å²) in [6.45, 7) is 1.67. The molecule has 0 saturated carbocycles. The first kappa shape index (κ1) is 15.6. The minimum absolute atomic E-state index is 0.0211. The van der Waals surface area contributed by atoms with Crippen LogP contribution in [-0.2, 0) is 21.3 Å². The Bertz CT molecular complexity index is 670. The Kier molecular flexibility index (Phi) is 5.05. The molecule has 21 heavy (non-hydrogen) atoms. The first-order valence-corrected chi connectivity index (χ1v) is 7.93. The van der Waals surface area contributed by atoms with Crippen molar-refractivity contribution in [2.45, 2.75) is 18.7 Å². The van der Waals surface area contributed by atoms with Gasteiger partial charge in [0.2, 0.25) is 10.0 Å². The summed E-state index contributed by atoms with van der Waals surface area (Å²) in [5, 5.41) is 3.11. The van der Waals surface area contributed by atoms with Gasteiger partial charge >= 0.3 is 0 Å². The molecule has 1 aromatic carbocycles. The first-order valence-electron chi connectivity index (χ1n) is 6.38. The number of sulfonamides is 1. The van der Waals surface area contributed by atoms with Gasteiger partial charge in [0.25, 0.3) is 5.89 Å². The van der Waals surface area contributed by atoms with Crippen LogP contribution in [0.3, 0.4) is 0 Å². The molecule has 0 bridgehead atoms. The van der Waals surface area contributed by atoms with Crippen LogP contribution in [0.4, 0.5) is 0 Å². The average molecular weight is 311 g/mol. The van der Waals surface area contributed by atoms with Gasteiger partial charge in [-0.2, -0.15) is 4.98 Å². The third-order valence-corrected chi connectivity index (χ3v) is 4.59. The van der Waals surface area contributed by atoms with Gasteiger partial charge in [0.1, 0.15) is 0 Å². The van der Waals surface area contributed by atoms with Crippen molar-refractivity contribution in [3.8, 4) is 11.5 Å². The van der Waals surface area contributed by atoms with Crippen molar-refractivity contribution in [2.75, 3.05) is 13.7 Å². The second kappa shape index (κ2) is 6.79. The van der Waals surface area contributed by atoms with Crippen LogP contribution in [0.5, 0.6) is 0 Å². The number of rotatable bonds is 7. The third-order valence-electron chi connectivity index (χ3n) is 2.85. The van der Waals surface area contributed by atoms with Crippen LogP contribution in [0.15, 0.2) is 34.9 Å². The van der Waals surface area contributed by atoms with Gasteiger partial charge in [0.05, 0.1) is 18.4 Å². The van der Waals surface area contributed by atoms with Crippen LogP contribution >= 0.6 is 0 Å². The van der Waals surface area contributed by atoms with Crippen molar-refractivity contribution in [2.24, 2.45) is 0 Å².